The normalized spacial score (nSPS) is 11.9. The molecular weight excluding hydrogens is 500 g/mol. The van der Waals surface area contributed by atoms with Crippen LogP contribution in [0, 0.1) is 0 Å². The summed E-state index contributed by atoms with van der Waals surface area (Å²) in [6, 6.07) is 6.62. The molecular formula is C26H31N2O8S+. The first-order valence-electron chi connectivity index (χ1n) is 12.0. The van der Waals surface area contributed by atoms with E-state index in [-0.39, 0.29) is 33.8 Å². The van der Waals surface area contributed by atoms with Crippen LogP contribution in [0.15, 0.2) is 50.8 Å². The second-order valence-electron chi connectivity index (χ2n) is 8.52. The molecule has 2 aromatic heterocycles. The van der Waals surface area contributed by atoms with E-state index in [2.05, 4.69) is 4.90 Å². The lowest BCUT2D eigenvalue weighted by Crippen LogP contribution is -2.34. The fourth-order valence-electron chi connectivity index (χ4n) is 4.06. The van der Waals surface area contributed by atoms with Gasteiger partial charge in [0.05, 0.1) is 5.39 Å². The quantitative estimate of drug-likeness (QED) is 0.138. The molecule has 2 heterocycles. The first-order chi connectivity index (χ1) is 17.5. The number of benzene rings is 1. The van der Waals surface area contributed by atoms with E-state index in [4.69, 9.17) is 9.52 Å². The van der Waals surface area contributed by atoms with Crippen molar-refractivity contribution < 1.29 is 37.0 Å². The van der Waals surface area contributed by atoms with Gasteiger partial charge in [-0.05, 0) is 44.9 Å². The number of aromatic hydroxyl groups is 1. The number of rotatable bonds is 12. The van der Waals surface area contributed by atoms with E-state index in [1.165, 1.54) is 24.4 Å². The average Bonchev–Trinajstić information content (AvgIpc) is 2.84. The molecule has 3 aromatic rings. The lowest BCUT2D eigenvalue weighted by Gasteiger charge is -2.21. The summed E-state index contributed by atoms with van der Waals surface area (Å²) in [5.74, 6) is -1.16. The van der Waals surface area contributed by atoms with Crippen LogP contribution in [0.5, 0.6) is 5.75 Å². The number of unbranched alkanes of at least 4 members (excludes halogenated alkanes) is 2. The summed E-state index contributed by atoms with van der Waals surface area (Å²) in [4.78, 5) is 25.0. The molecule has 0 radical (unpaired) electrons. The van der Waals surface area contributed by atoms with Gasteiger partial charge in [0.2, 0.25) is 0 Å². The Hall–Kier alpha value is -3.70. The van der Waals surface area contributed by atoms with Crippen molar-refractivity contribution in [2.24, 2.45) is 0 Å². The second-order valence-corrected chi connectivity index (χ2v) is 9.91. The summed E-state index contributed by atoms with van der Waals surface area (Å²) in [7, 11) is -4.60. The van der Waals surface area contributed by atoms with E-state index in [9.17, 15) is 27.7 Å². The summed E-state index contributed by atoms with van der Waals surface area (Å²) in [5, 5.41) is 19.8. The van der Waals surface area contributed by atoms with Crippen molar-refractivity contribution in [3.05, 3.63) is 58.2 Å². The molecule has 0 amide bonds. The molecule has 0 saturated carbocycles. The molecule has 0 bridgehead atoms. The number of aromatic nitrogens is 1. The zero-order chi connectivity index (χ0) is 27.2. The number of fused-ring (bicyclic) bond motifs is 1. The summed E-state index contributed by atoms with van der Waals surface area (Å²) in [6.07, 6.45) is 7.29. The molecule has 0 unspecified atom stereocenters. The highest BCUT2D eigenvalue weighted by atomic mass is 32.2. The van der Waals surface area contributed by atoms with Gasteiger partial charge in [-0.25, -0.2) is 9.36 Å². The topological polar surface area (TPSA) is 149 Å². The minimum Gasteiger partial charge on any atom is -0.506 e. The van der Waals surface area contributed by atoms with E-state index < -0.39 is 21.7 Å². The van der Waals surface area contributed by atoms with Gasteiger partial charge in [-0.2, -0.15) is 8.42 Å². The molecule has 1 aromatic carbocycles. The number of aryl methyl sites for hydroxylation is 1. The summed E-state index contributed by atoms with van der Waals surface area (Å²) >= 11 is 0. The summed E-state index contributed by atoms with van der Waals surface area (Å²) < 4.78 is 40.8. The highest BCUT2D eigenvalue weighted by Gasteiger charge is 2.20. The Labute approximate surface area is 214 Å². The van der Waals surface area contributed by atoms with Crippen LogP contribution in [0.25, 0.3) is 23.1 Å². The van der Waals surface area contributed by atoms with Crippen molar-refractivity contribution in [3.8, 4) is 5.75 Å². The van der Waals surface area contributed by atoms with Gasteiger partial charge in [0.25, 0.3) is 0 Å². The number of carbonyl (C=O) groups is 1. The molecule has 3 rings (SSSR count). The molecule has 0 atom stereocenters. The highest BCUT2D eigenvalue weighted by molar-refractivity contribution is 7.85. The van der Waals surface area contributed by atoms with Crippen LogP contribution in [0.2, 0.25) is 0 Å². The van der Waals surface area contributed by atoms with Gasteiger partial charge >= 0.3 is 21.7 Å². The minimum atomic E-state index is -4.60. The Morgan fingerprint density at radius 1 is 1.11 bits per heavy atom. The van der Waals surface area contributed by atoms with Crippen molar-refractivity contribution in [1.82, 2.24) is 0 Å². The summed E-state index contributed by atoms with van der Waals surface area (Å²) in [5.41, 5.74) is 0.242. The molecule has 0 aliphatic rings. The number of pyridine rings is 1. The van der Waals surface area contributed by atoms with Gasteiger partial charge in [0.1, 0.15) is 23.4 Å². The number of aliphatic carboxylic acids is 1. The van der Waals surface area contributed by atoms with Crippen molar-refractivity contribution in [2.75, 3.05) is 18.0 Å². The zero-order valence-corrected chi connectivity index (χ0v) is 21.6. The molecule has 11 heteroatoms. The van der Waals surface area contributed by atoms with Crippen molar-refractivity contribution in [3.63, 3.8) is 0 Å². The number of hydrogen-bond donors (Lipinski definition) is 3. The van der Waals surface area contributed by atoms with E-state index in [0.29, 0.717) is 31.2 Å². The number of carboxylic acid groups (broad SMARTS) is 1. The van der Waals surface area contributed by atoms with Gasteiger partial charge in [-0.1, -0.05) is 6.08 Å². The average molecular weight is 532 g/mol. The van der Waals surface area contributed by atoms with Gasteiger partial charge in [0.15, 0.2) is 17.3 Å². The van der Waals surface area contributed by atoms with Crippen LogP contribution in [-0.4, -0.2) is 42.2 Å². The monoisotopic (exact) mass is 531 g/mol. The number of carboxylic acids is 1. The molecule has 0 fully saturated rings. The summed E-state index contributed by atoms with van der Waals surface area (Å²) in [6.45, 7) is 5.96. The predicted molar refractivity (Wildman–Crippen MR) is 139 cm³/mol. The molecule has 0 saturated heterocycles. The third-order valence-corrected chi connectivity index (χ3v) is 6.95. The molecule has 0 aliphatic carbocycles. The van der Waals surface area contributed by atoms with Crippen molar-refractivity contribution in [2.45, 2.75) is 51.0 Å². The van der Waals surface area contributed by atoms with E-state index in [0.717, 1.165) is 18.8 Å². The van der Waals surface area contributed by atoms with E-state index in [1.54, 1.807) is 22.9 Å². The van der Waals surface area contributed by atoms with E-state index in [1.807, 2.05) is 19.9 Å². The number of anilines is 1. The zero-order valence-electron chi connectivity index (χ0n) is 20.8. The lowest BCUT2D eigenvalue weighted by molar-refractivity contribution is -0.699. The van der Waals surface area contributed by atoms with Crippen molar-refractivity contribution in [1.29, 1.82) is 0 Å². The van der Waals surface area contributed by atoms with Crippen molar-refractivity contribution >= 4 is 44.9 Å². The fourth-order valence-corrected chi connectivity index (χ4v) is 4.76. The highest BCUT2D eigenvalue weighted by Crippen LogP contribution is 2.31. The van der Waals surface area contributed by atoms with Crippen LogP contribution in [0.1, 0.15) is 50.7 Å². The van der Waals surface area contributed by atoms with E-state index >= 15 is 0 Å². The molecule has 37 heavy (non-hydrogen) atoms. The van der Waals surface area contributed by atoms with Gasteiger partial charge in [-0.15, -0.1) is 0 Å². The first kappa shape index (κ1) is 27.9. The Kier molecular flexibility index (Phi) is 9.06. The second kappa shape index (κ2) is 12.0. The van der Waals surface area contributed by atoms with Gasteiger partial charge in [-0.3, -0.25) is 9.35 Å². The van der Waals surface area contributed by atoms with Crippen LogP contribution in [0.4, 0.5) is 5.69 Å². The predicted octanol–water partition coefficient (Wildman–Crippen LogP) is 3.69. The standard InChI is InChI=1S/C26H30N2O8S/c1-3-28(4-2)19-10-12-20-22(16-19)36-26(32)21(25(20)31)11-9-18-13-15-27(17-23(18)37(33,34)35)14-7-5-6-8-24(29)30/h9-13,15-17H,3-8,14H2,1-2H3,(H2,29,30,33,34,35)/p+1. The van der Waals surface area contributed by atoms with Crippen LogP contribution in [-0.2, 0) is 21.5 Å². The van der Waals surface area contributed by atoms with Crippen LogP contribution < -0.4 is 15.1 Å². The van der Waals surface area contributed by atoms with Crippen LogP contribution >= 0.6 is 0 Å². The number of nitrogens with zero attached hydrogens (tertiary/aromatic N) is 2. The SMILES string of the molecule is CCN(CC)c1ccc2c(O)c(/C=C/c3cc[n+](CCCCCC(=O)O)cc3S(=O)(=O)O)c(=O)oc2c1. The molecule has 0 aliphatic heterocycles. The third kappa shape index (κ3) is 6.95. The molecule has 0 spiro atoms. The van der Waals surface area contributed by atoms with Gasteiger partial charge in [0, 0.05) is 49.3 Å². The van der Waals surface area contributed by atoms with Crippen LogP contribution in [0.3, 0.4) is 0 Å². The van der Waals surface area contributed by atoms with Gasteiger partial charge < -0.3 is 19.5 Å². The lowest BCUT2D eigenvalue weighted by atomic mass is 10.1. The smallest absolute Gasteiger partial charge is 0.347 e. The molecule has 10 nitrogen and oxygen atoms in total. The maximum absolute atomic E-state index is 12.6. The first-order valence-corrected chi connectivity index (χ1v) is 13.4. The third-order valence-electron chi connectivity index (χ3n) is 6.05. The molecule has 3 N–H and O–H groups in total. The minimum absolute atomic E-state index is 0.0668. The Bertz CT molecular complexity index is 1470. The molecule has 198 valence electrons. The number of hydrogen-bond acceptors (Lipinski definition) is 7. The maximum atomic E-state index is 12.6. The fraction of sp³-hybridized carbons (Fsp3) is 0.346. The Morgan fingerprint density at radius 3 is 2.49 bits per heavy atom. The Morgan fingerprint density at radius 2 is 1.84 bits per heavy atom. The maximum Gasteiger partial charge on any atom is 0.347 e. The Balaban J connectivity index is 1.91. The largest absolute Gasteiger partial charge is 0.506 e.